The smallest absolute Gasteiger partial charge is 0.0201 e. The van der Waals surface area contributed by atoms with Crippen LogP contribution in [0.15, 0.2) is 40.3 Å². The van der Waals surface area contributed by atoms with Gasteiger partial charge in [0.15, 0.2) is 0 Å². The van der Waals surface area contributed by atoms with Crippen LogP contribution in [0.1, 0.15) is 19.4 Å². The molecule has 0 saturated carbocycles. The number of hydrogen-bond acceptors (Lipinski definition) is 1. The van der Waals surface area contributed by atoms with E-state index in [1.54, 1.807) is 11.8 Å². The Morgan fingerprint density at radius 3 is 2.67 bits per heavy atom. The Balaban J connectivity index is 0.000000336. The van der Waals surface area contributed by atoms with E-state index in [9.17, 15) is 0 Å². The van der Waals surface area contributed by atoms with Crippen molar-refractivity contribution in [3.05, 3.63) is 41.0 Å². The van der Waals surface area contributed by atoms with Gasteiger partial charge in [0.2, 0.25) is 0 Å². The Hall–Kier alpha value is -0.910. The fraction of sp³-hybridized carbons (Fsp3) is 0.182. The summed E-state index contributed by atoms with van der Waals surface area (Å²) in [6, 6.07) is 8.32. The average Bonchev–Trinajstić information content (AvgIpc) is 2.21. The van der Waals surface area contributed by atoms with E-state index in [2.05, 4.69) is 23.9 Å². The highest BCUT2D eigenvalue weighted by Gasteiger charge is 1.98. The Kier molecular flexibility index (Phi) is 3.72. The molecule has 62 valence electrons. The molecule has 0 bridgehead atoms. The maximum Gasteiger partial charge on any atom is 0.0201 e. The van der Waals surface area contributed by atoms with Gasteiger partial charge in [-0.3, -0.25) is 0 Å². The van der Waals surface area contributed by atoms with Crippen molar-refractivity contribution in [3.63, 3.8) is 0 Å². The zero-order valence-corrected chi connectivity index (χ0v) is 8.19. The van der Waals surface area contributed by atoms with Gasteiger partial charge >= 0.3 is 0 Å². The van der Waals surface area contributed by atoms with Crippen molar-refractivity contribution < 1.29 is 0 Å². The predicted octanol–water partition coefficient (Wildman–Crippen LogP) is 3.94. The maximum atomic E-state index is 3.05. The van der Waals surface area contributed by atoms with Crippen molar-refractivity contribution in [2.75, 3.05) is 0 Å². The fourth-order valence-electron chi connectivity index (χ4n) is 0.928. The lowest BCUT2D eigenvalue weighted by Gasteiger charge is -2.02. The van der Waals surface area contributed by atoms with E-state index in [4.69, 9.17) is 0 Å². The van der Waals surface area contributed by atoms with Crippen LogP contribution in [-0.4, -0.2) is 0 Å². The Morgan fingerprint density at radius 2 is 1.92 bits per heavy atom. The zero-order chi connectivity index (χ0) is 8.81. The molecule has 0 N–H and O–H groups in total. The monoisotopic (exact) mass is 176 g/mol. The molecule has 1 aliphatic heterocycles. The van der Waals surface area contributed by atoms with E-state index < -0.39 is 0 Å². The van der Waals surface area contributed by atoms with Gasteiger partial charge in [-0.05, 0) is 17.7 Å². The molecule has 0 amide bonds. The van der Waals surface area contributed by atoms with E-state index in [-0.39, 0.29) is 0 Å². The van der Waals surface area contributed by atoms with E-state index >= 15 is 0 Å². The van der Waals surface area contributed by atoms with Gasteiger partial charge in [0.1, 0.15) is 0 Å². The highest BCUT2D eigenvalue weighted by atomic mass is 32.2. The minimum Gasteiger partial charge on any atom is -0.113 e. The molecule has 0 atom stereocenters. The molecule has 1 aromatic carbocycles. The van der Waals surface area contributed by atoms with Crippen LogP contribution in [0.5, 0.6) is 0 Å². The summed E-state index contributed by atoms with van der Waals surface area (Å²) < 4.78 is 0. The van der Waals surface area contributed by atoms with Crippen molar-refractivity contribution in [2.45, 2.75) is 18.7 Å². The summed E-state index contributed by atoms with van der Waals surface area (Å²) in [5.74, 6) is 0. The quantitative estimate of drug-likeness (QED) is 0.539. The SMILES string of the molecule is C1=CSc2ccccc2C=1.CC. The van der Waals surface area contributed by atoms with Gasteiger partial charge in [-0.2, -0.15) is 0 Å². The second kappa shape index (κ2) is 4.87. The molecule has 1 aromatic rings. The number of rotatable bonds is 0. The molecule has 0 nitrogen and oxygen atoms in total. The summed E-state index contributed by atoms with van der Waals surface area (Å²) in [4.78, 5) is 1.32. The van der Waals surface area contributed by atoms with Crippen molar-refractivity contribution in [1.82, 2.24) is 0 Å². The molecular formula is C11H12S. The lowest BCUT2D eigenvalue weighted by molar-refractivity contribution is 1.43. The predicted molar refractivity (Wildman–Crippen MR) is 56.2 cm³/mol. The molecule has 0 aromatic heterocycles. The lowest BCUT2D eigenvalue weighted by Crippen LogP contribution is -1.77. The minimum atomic E-state index is 1.27. The second-order valence-electron chi connectivity index (χ2n) is 2.08. The highest BCUT2D eigenvalue weighted by molar-refractivity contribution is 8.02. The van der Waals surface area contributed by atoms with Gasteiger partial charge in [-0.1, -0.05) is 43.8 Å². The van der Waals surface area contributed by atoms with Crippen LogP contribution in [0.25, 0.3) is 6.08 Å². The fourth-order valence-corrected chi connectivity index (χ4v) is 1.61. The normalized spacial score (nSPS) is 11.5. The van der Waals surface area contributed by atoms with Crippen LogP contribution >= 0.6 is 11.8 Å². The molecule has 0 spiro atoms. The third-order valence-corrected chi connectivity index (χ3v) is 2.29. The van der Waals surface area contributed by atoms with Crippen LogP contribution in [0, 0.1) is 0 Å². The van der Waals surface area contributed by atoms with Crippen LogP contribution in [0.4, 0.5) is 0 Å². The number of hydrogen-bond donors (Lipinski definition) is 0. The van der Waals surface area contributed by atoms with Crippen molar-refractivity contribution in [1.29, 1.82) is 0 Å². The molecule has 1 aliphatic rings. The minimum absolute atomic E-state index is 1.27. The van der Waals surface area contributed by atoms with Gasteiger partial charge in [0, 0.05) is 10.3 Å². The molecule has 0 unspecified atom stereocenters. The number of thioether (sulfide) groups is 1. The molecule has 2 rings (SSSR count). The summed E-state index contributed by atoms with van der Waals surface area (Å²) in [6.45, 7) is 4.00. The number of benzene rings is 1. The van der Waals surface area contributed by atoms with E-state index in [1.807, 2.05) is 31.4 Å². The molecular weight excluding hydrogens is 164 g/mol. The Morgan fingerprint density at radius 1 is 1.17 bits per heavy atom. The summed E-state index contributed by atoms with van der Waals surface area (Å²) >= 11 is 1.72. The molecule has 0 radical (unpaired) electrons. The van der Waals surface area contributed by atoms with Crippen LogP contribution < -0.4 is 0 Å². The maximum absolute atomic E-state index is 3.05. The van der Waals surface area contributed by atoms with Crippen LogP contribution in [0.3, 0.4) is 0 Å². The van der Waals surface area contributed by atoms with Crippen LogP contribution in [-0.2, 0) is 0 Å². The third-order valence-electron chi connectivity index (χ3n) is 1.41. The molecule has 12 heavy (non-hydrogen) atoms. The highest BCUT2D eigenvalue weighted by Crippen LogP contribution is 2.26. The Bertz CT molecular complexity index is 307. The zero-order valence-electron chi connectivity index (χ0n) is 7.37. The Labute approximate surface area is 78.0 Å². The van der Waals surface area contributed by atoms with Gasteiger partial charge in [0.05, 0.1) is 0 Å². The summed E-state index contributed by atoms with van der Waals surface area (Å²) in [5, 5.41) is 1.97. The van der Waals surface area contributed by atoms with Gasteiger partial charge < -0.3 is 0 Å². The van der Waals surface area contributed by atoms with E-state index in [0.717, 1.165) is 0 Å². The van der Waals surface area contributed by atoms with Gasteiger partial charge in [-0.15, -0.1) is 5.73 Å². The summed E-state index contributed by atoms with van der Waals surface area (Å²) in [7, 11) is 0. The number of fused-ring (bicyclic) bond motifs is 1. The largest absolute Gasteiger partial charge is 0.113 e. The first kappa shape index (κ1) is 9.18. The third kappa shape index (κ3) is 2.04. The first-order valence-electron chi connectivity index (χ1n) is 4.13. The standard InChI is InChI=1S/C9H6S.C2H6/c1-2-6-9-8(4-1)5-3-7-10-9;1-2/h1-2,4-7H;1-2H3. The topological polar surface area (TPSA) is 0 Å². The van der Waals surface area contributed by atoms with E-state index in [0.29, 0.717) is 0 Å². The second-order valence-corrected chi connectivity index (χ2v) is 3.00. The first-order valence-corrected chi connectivity index (χ1v) is 5.01. The van der Waals surface area contributed by atoms with E-state index in [1.165, 1.54) is 10.5 Å². The van der Waals surface area contributed by atoms with Gasteiger partial charge in [-0.25, -0.2) is 0 Å². The molecule has 0 saturated heterocycles. The summed E-state index contributed by atoms with van der Waals surface area (Å²) in [5.41, 5.74) is 4.33. The van der Waals surface area contributed by atoms with Crippen molar-refractivity contribution >= 4 is 17.8 Å². The summed E-state index contributed by atoms with van der Waals surface area (Å²) in [6.07, 6.45) is 2.01. The first-order chi connectivity index (χ1) is 5.97. The molecule has 1 heteroatoms. The van der Waals surface area contributed by atoms with Gasteiger partial charge in [0.25, 0.3) is 0 Å². The van der Waals surface area contributed by atoms with Crippen LogP contribution in [0.2, 0.25) is 0 Å². The average molecular weight is 176 g/mol. The van der Waals surface area contributed by atoms with Crippen molar-refractivity contribution in [2.24, 2.45) is 0 Å². The lowest BCUT2D eigenvalue weighted by atomic mass is 10.2. The molecule has 0 aliphatic carbocycles. The van der Waals surface area contributed by atoms with Crippen molar-refractivity contribution in [3.8, 4) is 0 Å². The molecule has 1 heterocycles. The molecule has 0 fully saturated rings.